The highest BCUT2D eigenvalue weighted by atomic mass is 35.5. The first kappa shape index (κ1) is 13.9. The summed E-state index contributed by atoms with van der Waals surface area (Å²) in [6.07, 6.45) is 6.80. The molecule has 1 saturated carbocycles. The molecule has 0 saturated heterocycles. The van der Waals surface area contributed by atoms with Crippen LogP contribution in [0.4, 0.5) is 0 Å². The van der Waals surface area contributed by atoms with Crippen molar-refractivity contribution >= 4 is 23.7 Å². The highest BCUT2D eigenvalue weighted by Crippen LogP contribution is 2.21. The third kappa shape index (κ3) is 3.42. The Hall–Kier alpha value is -0.160. The second kappa shape index (κ2) is 6.55. The molecule has 3 atom stereocenters. The maximum atomic E-state index is 6.10. The Morgan fingerprint density at radius 3 is 2.88 bits per heavy atom. The molecule has 1 aliphatic rings. The van der Waals surface area contributed by atoms with Gasteiger partial charge in [0.25, 0.3) is 0 Å². The fraction of sp³-hybridized carbons (Fsp3) is 0.727. The molecule has 5 heteroatoms. The molecule has 0 amide bonds. The van der Waals surface area contributed by atoms with E-state index >= 15 is 0 Å². The van der Waals surface area contributed by atoms with Crippen LogP contribution in [0.15, 0.2) is 11.6 Å². The van der Waals surface area contributed by atoms with Gasteiger partial charge in [0.05, 0.1) is 6.04 Å². The van der Waals surface area contributed by atoms with Crippen LogP contribution in [-0.4, -0.2) is 17.1 Å². The molecular formula is C11H20ClN3S. The number of hydrogen-bond donors (Lipinski definition) is 2. The molecule has 1 fully saturated rings. The summed E-state index contributed by atoms with van der Waals surface area (Å²) < 4.78 is 0. The summed E-state index contributed by atoms with van der Waals surface area (Å²) in [5, 5.41) is 6.78. The highest BCUT2D eigenvalue weighted by Gasteiger charge is 2.23. The van der Waals surface area contributed by atoms with E-state index in [4.69, 9.17) is 5.73 Å². The first-order valence-corrected chi connectivity index (χ1v) is 6.56. The van der Waals surface area contributed by atoms with Crippen LogP contribution >= 0.6 is 23.7 Å². The quantitative estimate of drug-likeness (QED) is 0.879. The van der Waals surface area contributed by atoms with E-state index < -0.39 is 0 Å². The third-order valence-corrected chi connectivity index (χ3v) is 4.06. The monoisotopic (exact) mass is 261 g/mol. The van der Waals surface area contributed by atoms with Crippen LogP contribution in [0.5, 0.6) is 0 Å². The van der Waals surface area contributed by atoms with Crippen LogP contribution in [0.1, 0.15) is 43.7 Å². The van der Waals surface area contributed by atoms with Crippen molar-refractivity contribution in [3.8, 4) is 0 Å². The zero-order chi connectivity index (χ0) is 10.7. The number of nitrogens with one attached hydrogen (secondary N) is 1. The smallest absolute Gasteiger partial charge is 0.109 e. The summed E-state index contributed by atoms with van der Waals surface area (Å²) in [7, 11) is 0. The SMILES string of the molecule is CC(NC1CCCCC1N)c1nccs1.Cl. The van der Waals surface area contributed by atoms with Gasteiger partial charge in [0.2, 0.25) is 0 Å². The number of hydrogen-bond acceptors (Lipinski definition) is 4. The van der Waals surface area contributed by atoms with Gasteiger partial charge in [-0.25, -0.2) is 4.98 Å². The normalized spacial score (nSPS) is 27.1. The van der Waals surface area contributed by atoms with Gasteiger partial charge >= 0.3 is 0 Å². The summed E-state index contributed by atoms with van der Waals surface area (Å²) in [6, 6.07) is 1.12. The fourth-order valence-corrected chi connectivity index (χ4v) is 2.86. The first-order chi connectivity index (χ1) is 7.27. The Bertz CT molecular complexity index is 291. The van der Waals surface area contributed by atoms with Crippen molar-refractivity contribution in [1.29, 1.82) is 0 Å². The second-order valence-corrected chi connectivity index (χ2v) is 5.24. The largest absolute Gasteiger partial charge is 0.326 e. The third-order valence-electron chi connectivity index (χ3n) is 3.11. The van der Waals surface area contributed by atoms with Crippen LogP contribution in [0.2, 0.25) is 0 Å². The Kier molecular flexibility index (Phi) is 5.69. The lowest BCUT2D eigenvalue weighted by molar-refractivity contribution is 0.306. The second-order valence-electron chi connectivity index (χ2n) is 4.31. The topological polar surface area (TPSA) is 50.9 Å². The maximum Gasteiger partial charge on any atom is 0.109 e. The van der Waals surface area contributed by atoms with E-state index in [1.807, 2.05) is 11.6 Å². The average Bonchev–Trinajstić information content (AvgIpc) is 2.74. The van der Waals surface area contributed by atoms with E-state index in [0.29, 0.717) is 18.1 Å². The van der Waals surface area contributed by atoms with Gasteiger partial charge in [-0.1, -0.05) is 12.8 Å². The number of aromatic nitrogens is 1. The lowest BCUT2D eigenvalue weighted by Crippen LogP contribution is -2.47. The van der Waals surface area contributed by atoms with Gasteiger partial charge in [0.15, 0.2) is 0 Å². The summed E-state index contributed by atoms with van der Waals surface area (Å²) in [6.45, 7) is 2.17. The summed E-state index contributed by atoms with van der Waals surface area (Å²) in [5.74, 6) is 0. The van der Waals surface area contributed by atoms with Crippen LogP contribution in [0.25, 0.3) is 0 Å². The van der Waals surface area contributed by atoms with Gasteiger partial charge in [0, 0.05) is 23.7 Å². The van der Waals surface area contributed by atoms with Crippen molar-refractivity contribution in [1.82, 2.24) is 10.3 Å². The van der Waals surface area contributed by atoms with Gasteiger partial charge in [0.1, 0.15) is 5.01 Å². The van der Waals surface area contributed by atoms with Crippen molar-refractivity contribution in [3.05, 3.63) is 16.6 Å². The molecule has 16 heavy (non-hydrogen) atoms. The fourth-order valence-electron chi connectivity index (χ4n) is 2.21. The molecule has 1 aliphatic carbocycles. The molecule has 1 heterocycles. The maximum absolute atomic E-state index is 6.10. The van der Waals surface area contributed by atoms with Crippen LogP contribution < -0.4 is 11.1 Å². The Morgan fingerprint density at radius 1 is 1.50 bits per heavy atom. The molecule has 0 spiro atoms. The number of nitrogens with zero attached hydrogens (tertiary/aromatic N) is 1. The molecular weight excluding hydrogens is 242 g/mol. The minimum atomic E-state index is 0. The predicted octanol–water partition coefficient (Wildman–Crippen LogP) is 2.49. The molecule has 3 nitrogen and oxygen atoms in total. The number of nitrogens with two attached hydrogens (primary N) is 1. The molecule has 1 aromatic rings. The standard InChI is InChI=1S/C11H19N3S.ClH/c1-8(11-13-6-7-15-11)14-10-5-3-2-4-9(10)12;/h6-10,14H,2-5,12H2,1H3;1H. The summed E-state index contributed by atoms with van der Waals surface area (Å²) >= 11 is 1.71. The zero-order valence-corrected chi connectivity index (χ0v) is 11.2. The van der Waals surface area contributed by atoms with E-state index in [-0.39, 0.29) is 12.4 Å². The van der Waals surface area contributed by atoms with E-state index in [0.717, 1.165) is 11.4 Å². The van der Waals surface area contributed by atoms with Gasteiger partial charge in [-0.3, -0.25) is 0 Å². The number of thiazole rings is 1. The number of rotatable bonds is 3. The van der Waals surface area contributed by atoms with E-state index in [2.05, 4.69) is 17.2 Å². The molecule has 0 bridgehead atoms. The Balaban J connectivity index is 0.00000128. The molecule has 1 aromatic heterocycles. The molecule has 0 radical (unpaired) electrons. The van der Waals surface area contributed by atoms with Crippen molar-refractivity contribution in [3.63, 3.8) is 0 Å². The Labute approximate surface area is 107 Å². The Morgan fingerprint density at radius 2 is 2.25 bits per heavy atom. The molecule has 92 valence electrons. The molecule has 2 rings (SSSR count). The average molecular weight is 262 g/mol. The number of halogens is 1. The minimum Gasteiger partial charge on any atom is -0.326 e. The van der Waals surface area contributed by atoms with Gasteiger partial charge in [-0.2, -0.15) is 0 Å². The van der Waals surface area contributed by atoms with Crippen LogP contribution in [0, 0.1) is 0 Å². The van der Waals surface area contributed by atoms with E-state index in [9.17, 15) is 0 Å². The lowest BCUT2D eigenvalue weighted by atomic mass is 9.90. The van der Waals surface area contributed by atoms with Crippen molar-refractivity contribution in [2.24, 2.45) is 5.73 Å². The highest BCUT2D eigenvalue weighted by molar-refractivity contribution is 7.09. The predicted molar refractivity (Wildman–Crippen MR) is 71.1 cm³/mol. The molecule has 0 aromatic carbocycles. The van der Waals surface area contributed by atoms with Crippen molar-refractivity contribution in [2.45, 2.75) is 50.7 Å². The summed E-state index contributed by atoms with van der Waals surface area (Å²) in [4.78, 5) is 4.32. The van der Waals surface area contributed by atoms with Crippen molar-refractivity contribution in [2.75, 3.05) is 0 Å². The van der Waals surface area contributed by atoms with Gasteiger partial charge < -0.3 is 11.1 Å². The van der Waals surface area contributed by atoms with Crippen LogP contribution in [0.3, 0.4) is 0 Å². The van der Waals surface area contributed by atoms with Crippen molar-refractivity contribution < 1.29 is 0 Å². The van der Waals surface area contributed by atoms with Gasteiger partial charge in [-0.15, -0.1) is 23.7 Å². The summed E-state index contributed by atoms with van der Waals surface area (Å²) in [5.41, 5.74) is 6.10. The minimum absolute atomic E-state index is 0. The van der Waals surface area contributed by atoms with Gasteiger partial charge in [-0.05, 0) is 19.8 Å². The molecule has 0 aliphatic heterocycles. The zero-order valence-electron chi connectivity index (χ0n) is 9.56. The first-order valence-electron chi connectivity index (χ1n) is 5.68. The lowest BCUT2D eigenvalue weighted by Gasteiger charge is -2.31. The molecule has 3 unspecified atom stereocenters. The van der Waals surface area contributed by atoms with E-state index in [1.165, 1.54) is 19.3 Å². The van der Waals surface area contributed by atoms with E-state index in [1.54, 1.807) is 11.3 Å². The molecule has 3 N–H and O–H groups in total. The van der Waals surface area contributed by atoms with Crippen LogP contribution in [-0.2, 0) is 0 Å².